The zero-order chi connectivity index (χ0) is 19.2. The summed E-state index contributed by atoms with van der Waals surface area (Å²) >= 11 is 5.95. The summed E-state index contributed by atoms with van der Waals surface area (Å²) in [5, 5.41) is 3.97. The van der Waals surface area contributed by atoms with Gasteiger partial charge in [0.05, 0.1) is 6.04 Å². The molecule has 3 nitrogen and oxygen atoms in total. The van der Waals surface area contributed by atoms with Crippen molar-refractivity contribution in [3.05, 3.63) is 70.2 Å². The molecule has 3 rings (SSSR count). The fourth-order valence-corrected chi connectivity index (χ4v) is 3.78. The van der Waals surface area contributed by atoms with Gasteiger partial charge >= 0.3 is 0 Å². The molecule has 1 atom stereocenters. The summed E-state index contributed by atoms with van der Waals surface area (Å²) < 4.78 is 0. The van der Waals surface area contributed by atoms with Gasteiger partial charge in [0.2, 0.25) is 5.91 Å². The Bertz CT molecular complexity index is 734. The Morgan fingerprint density at radius 3 is 2.26 bits per heavy atom. The summed E-state index contributed by atoms with van der Waals surface area (Å²) in [6.07, 6.45) is 2.87. The molecule has 1 aliphatic rings. The zero-order valence-electron chi connectivity index (χ0n) is 16.2. The summed E-state index contributed by atoms with van der Waals surface area (Å²) in [5.41, 5.74) is 3.76. The van der Waals surface area contributed by atoms with Crippen LogP contribution in [0.25, 0.3) is 0 Å². The predicted molar refractivity (Wildman–Crippen MR) is 112 cm³/mol. The average molecular weight is 385 g/mol. The molecular weight excluding hydrogens is 356 g/mol. The number of hydrogen-bond acceptors (Lipinski definition) is 2. The van der Waals surface area contributed by atoms with Gasteiger partial charge in [-0.2, -0.15) is 0 Å². The highest BCUT2D eigenvalue weighted by Crippen LogP contribution is 2.22. The predicted octanol–water partition coefficient (Wildman–Crippen LogP) is 4.99. The molecule has 0 aromatic heterocycles. The molecule has 0 spiro atoms. The number of amides is 1. The molecule has 0 aliphatic carbocycles. The SMILES string of the molecule is CCc1ccc(C(C)NC(=O)C2CCN(Cc3ccc(Cl)cc3)CC2)cc1. The molecular formula is C23H29ClN2O. The molecule has 0 saturated carbocycles. The van der Waals surface area contributed by atoms with Crippen LogP contribution in [-0.2, 0) is 17.8 Å². The standard InChI is InChI=1S/C23H29ClN2O/c1-3-18-4-8-20(9-5-18)17(2)25-23(27)21-12-14-26(15-13-21)16-19-6-10-22(24)11-7-19/h4-11,17,21H,3,12-16H2,1-2H3,(H,25,27). The van der Waals surface area contributed by atoms with E-state index in [1.165, 1.54) is 16.7 Å². The van der Waals surface area contributed by atoms with Crippen LogP contribution in [0.4, 0.5) is 0 Å². The molecule has 2 aromatic rings. The van der Waals surface area contributed by atoms with Crippen LogP contribution >= 0.6 is 11.6 Å². The first-order chi connectivity index (χ1) is 13.0. The first-order valence-electron chi connectivity index (χ1n) is 9.91. The van der Waals surface area contributed by atoms with Gasteiger partial charge in [0.15, 0.2) is 0 Å². The lowest BCUT2D eigenvalue weighted by Crippen LogP contribution is -2.40. The Morgan fingerprint density at radius 2 is 1.67 bits per heavy atom. The molecule has 1 heterocycles. The van der Waals surface area contributed by atoms with Crippen LogP contribution in [0.3, 0.4) is 0 Å². The number of carbonyl (C=O) groups is 1. The number of rotatable bonds is 6. The number of nitrogens with one attached hydrogen (secondary N) is 1. The summed E-state index contributed by atoms with van der Waals surface area (Å²) in [6, 6.07) is 16.6. The molecule has 0 bridgehead atoms. The van der Waals surface area contributed by atoms with Crippen molar-refractivity contribution < 1.29 is 4.79 Å². The number of likely N-dealkylation sites (tertiary alicyclic amines) is 1. The Labute approximate surface area is 167 Å². The molecule has 1 fully saturated rings. The first-order valence-corrected chi connectivity index (χ1v) is 10.3. The second kappa shape index (κ2) is 9.38. The summed E-state index contributed by atoms with van der Waals surface area (Å²) in [5.74, 6) is 0.303. The smallest absolute Gasteiger partial charge is 0.223 e. The van der Waals surface area contributed by atoms with E-state index < -0.39 is 0 Å². The molecule has 0 radical (unpaired) electrons. The molecule has 4 heteroatoms. The van der Waals surface area contributed by atoms with Crippen LogP contribution in [-0.4, -0.2) is 23.9 Å². The molecule has 1 unspecified atom stereocenters. The molecule has 1 amide bonds. The minimum Gasteiger partial charge on any atom is -0.349 e. The van der Waals surface area contributed by atoms with Gasteiger partial charge in [0, 0.05) is 17.5 Å². The highest BCUT2D eigenvalue weighted by atomic mass is 35.5. The van der Waals surface area contributed by atoms with Gasteiger partial charge in [-0.15, -0.1) is 0 Å². The van der Waals surface area contributed by atoms with Gasteiger partial charge < -0.3 is 5.32 Å². The summed E-state index contributed by atoms with van der Waals surface area (Å²) in [7, 11) is 0. The van der Waals surface area contributed by atoms with Crippen molar-refractivity contribution in [2.24, 2.45) is 5.92 Å². The van der Waals surface area contributed by atoms with Gasteiger partial charge in [-0.3, -0.25) is 9.69 Å². The Morgan fingerprint density at radius 1 is 1.07 bits per heavy atom. The van der Waals surface area contributed by atoms with Crippen LogP contribution in [0.15, 0.2) is 48.5 Å². The van der Waals surface area contributed by atoms with Crippen LogP contribution < -0.4 is 5.32 Å². The number of aryl methyl sites for hydroxylation is 1. The lowest BCUT2D eigenvalue weighted by atomic mass is 9.94. The maximum atomic E-state index is 12.7. The van der Waals surface area contributed by atoms with E-state index in [2.05, 4.69) is 60.5 Å². The van der Waals surface area contributed by atoms with Crippen molar-refractivity contribution in [2.75, 3.05) is 13.1 Å². The largest absolute Gasteiger partial charge is 0.349 e. The van der Waals surface area contributed by atoms with E-state index in [4.69, 9.17) is 11.6 Å². The molecule has 1 N–H and O–H groups in total. The van der Waals surface area contributed by atoms with E-state index in [0.29, 0.717) is 0 Å². The number of carbonyl (C=O) groups excluding carboxylic acids is 1. The number of hydrogen-bond donors (Lipinski definition) is 1. The summed E-state index contributed by atoms with van der Waals surface area (Å²) in [6.45, 7) is 7.06. The molecule has 27 heavy (non-hydrogen) atoms. The van der Waals surface area contributed by atoms with Gasteiger partial charge in [-0.05, 0) is 68.1 Å². The van der Waals surface area contributed by atoms with Crippen molar-refractivity contribution in [2.45, 2.75) is 45.7 Å². The van der Waals surface area contributed by atoms with Gasteiger partial charge in [-0.25, -0.2) is 0 Å². The number of piperidine rings is 1. The Hall–Kier alpha value is -1.84. The molecule has 2 aromatic carbocycles. The fourth-order valence-electron chi connectivity index (χ4n) is 3.66. The third kappa shape index (κ3) is 5.57. The topological polar surface area (TPSA) is 32.3 Å². The zero-order valence-corrected chi connectivity index (χ0v) is 17.0. The van der Waals surface area contributed by atoms with Crippen molar-refractivity contribution in [3.8, 4) is 0 Å². The number of benzene rings is 2. The van der Waals surface area contributed by atoms with Crippen molar-refractivity contribution >= 4 is 17.5 Å². The molecule has 144 valence electrons. The van der Waals surface area contributed by atoms with Crippen molar-refractivity contribution in [3.63, 3.8) is 0 Å². The lowest BCUT2D eigenvalue weighted by Gasteiger charge is -2.32. The Kier molecular flexibility index (Phi) is 6.92. The van der Waals surface area contributed by atoms with Crippen LogP contribution in [0.5, 0.6) is 0 Å². The van der Waals surface area contributed by atoms with E-state index in [0.717, 1.165) is 43.9 Å². The quantitative estimate of drug-likeness (QED) is 0.760. The minimum absolute atomic E-state index is 0.0514. The van der Waals surface area contributed by atoms with Gasteiger partial charge in [-0.1, -0.05) is 54.9 Å². The third-order valence-corrected chi connectivity index (χ3v) is 5.78. The fraction of sp³-hybridized carbons (Fsp3) is 0.435. The van der Waals surface area contributed by atoms with Gasteiger partial charge in [0.1, 0.15) is 0 Å². The van der Waals surface area contributed by atoms with E-state index in [-0.39, 0.29) is 17.9 Å². The van der Waals surface area contributed by atoms with E-state index >= 15 is 0 Å². The van der Waals surface area contributed by atoms with E-state index in [1.807, 2.05) is 12.1 Å². The second-order valence-electron chi connectivity index (χ2n) is 7.50. The highest BCUT2D eigenvalue weighted by Gasteiger charge is 2.26. The van der Waals surface area contributed by atoms with Crippen LogP contribution in [0.2, 0.25) is 5.02 Å². The first kappa shape index (κ1) is 19.9. The maximum absolute atomic E-state index is 12.7. The minimum atomic E-state index is 0.0514. The van der Waals surface area contributed by atoms with E-state index in [9.17, 15) is 4.79 Å². The highest BCUT2D eigenvalue weighted by molar-refractivity contribution is 6.30. The normalized spacial score (nSPS) is 16.9. The number of halogens is 1. The van der Waals surface area contributed by atoms with Crippen LogP contribution in [0.1, 0.15) is 49.4 Å². The van der Waals surface area contributed by atoms with E-state index in [1.54, 1.807) is 0 Å². The number of nitrogens with zero attached hydrogens (tertiary/aromatic N) is 1. The van der Waals surface area contributed by atoms with Crippen molar-refractivity contribution in [1.29, 1.82) is 0 Å². The van der Waals surface area contributed by atoms with Crippen molar-refractivity contribution in [1.82, 2.24) is 10.2 Å². The van der Waals surface area contributed by atoms with Gasteiger partial charge in [0.25, 0.3) is 0 Å². The second-order valence-corrected chi connectivity index (χ2v) is 7.94. The van der Waals surface area contributed by atoms with Crippen LogP contribution in [0, 0.1) is 5.92 Å². The lowest BCUT2D eigenvalue weighted by molar-refractivity contribution is -0.127. The summed E-state index contributed by atoms with van der Waals surface area (Å²) in [4.78, 5) is 15.1. The maximum Gasteiger partial charge on any atom is 0.223 e. The third-order valence-electron chi connectivity index (χ3n) is 5.52. The molecule has 1 aliphatic heterocycles. The average Bonchev–Trinajstić information content (AvgIpc) is 2.70. The monoisotopic (exact) mass is 384 g/mol. The molecule has 1 saturated heterocycles. The Balaban J connectivity index is 1.46.